The lowest BCUT2D eigenvalue weighted by Gasteiger charge is -2.47. The number of carboxylic acid groups (broad SMARTS) is 1. The molecule has 0 spiro atoms. The van der Waals surface area contributed by atoms with Crippen molar-refractivity contribution in [1.82, 2.24) is 10.2 Å². The minimum absolute atomic E-state index is 0.173. The van der Waals surface area contributed by atoms with Crippen molar-refractivity contribution >= 4 is 11.9 Å². The van der Waals surface area contributed by atoms with E-state index in [2.05, 4.69) is 17.3 Å². The van der Waals surface area contributed by atoms with Gasteiger partial charge in [0.1, 0.15) is 13.2 Å². The van der Waals surface area contributed by atoms with Crippen LogP contribution in [0.5, 0.6) is 0 Å². The average molecular weight is 270 g/mol. The van der Waals surface area contributed by atoms with Gasteiger partial charge >= 0.3 is 5.97 Å². The summed E-state index contributed by atoms with van der Waals surface area (Å²) in [6.07, 6.45) is 5.65. The molecule has 2 heterocycles. The Labute approximate surface area is 113 Å². The predicted molar refractivity (Wildman–Crippen MR) is 68.8 cm³/mol. The molecular formula is C13H22N2O4. The molecule has 108 valence electrons. The van der Waals surface area contributed by atoms with Crippen molar-refractivity contribution in [2.45, 2.75) is 50.2 Å². The summed E-state index contributed by atoms with van der Waals surface area (Å²) < 4.78 is 4.79. The molecule has 2 atom stereocenters. The summed E-state index contributed by atoms with van der Waals surface area (Å²) in [6.45, 7) is -0.597. The lowest BCUT2D eigenvalue weighted by Crippen LogP contribution is -2.55. The molecule has 0 aromatic rings. The number of carboxylic acids is 1. The second-order valence-electron chi connectivity index (χ2n) is 5.53. The van der Waals surface area contributed by atoms with Gasteiger partial charge in [-0.15, -0.1) is 0 Å². The predicted octanol–water partition coefficient (Wildman–Crippen LogP) is 0.219. The van der Waals surface area contributed by atoms with Crippen LogP contribution in [0.1, 0.15) is 32.1 Å². The van der Waals surface area contributed by atoms with Gasteiger partial charge < -0.3 is 20.1 Å². The number of ether oxygens (including phenoxy) is 1. The van der Waals surface area contributed by atoms with Gasteiger partial charge in [-0.3, -0.25) is 4.79 Å². The highest BCUT2D eigenvalue weighted by molar-refractivity contribution is 5.78. The molecular weight excluding hydrogens is 248 g/mol. The molecule has 0 aliphatic carbocycles. The summed E-state index contributed by atoms with van der Waals surface area (Å²) in [7, 11) is 2.17. The summed E-state index contributed by atoms with van der Waals surface area (Å²) in [6, 6.07) is 1.34. The SMILES string of the molecule is CN1C2CCCC1CC(NC(=O)COCC(=O)O)C2. The summed E-state index contributed by atoms with van der Waals surface area (Å²) in [4.78, 5) is 24.4. The number of hydrogen-bond donors (Lipinski definition) is 2. The Bertz CT molecular complexity index is 334. The molecule has 2 N–H and O–H groups in total. The Hall–Kier alpha value is -1.14. The summed E-state index contributed by atoms with van der Waals surface area (Å²) in [5.41, 5.74) is 0. The minimum Gasteiger partial charge on any atom is -0.480 e. The lowest BCUT2D eigenvalue weighted by atomic mass is 9.82. The fraction of sp³-hybridized carbons (Fsp3) is 0.846. The monoisotopic (exact) mass is 270 g/mol. The smallest absolute Gasteiger partial charge is 0.329 e. The largest absolute Gasteiger partial charge is 0.480 e. The maximum Gasteiger partial charge on any atom is 0.329 e. The first-order chi connectivity index (χ1) is 9.06. The van der Waals surface area contributed by atoms with Crippen LogP contribution in [0.15, 0.2) is 0 Å². The van der Waals surface area contributed by atoms with Crippen LogP contribution >= 0.6 is 0 Å². The minimum atomic E-state index is -1.05. The van der Waals surface area contributed by atoms with Crippen LogP contribution < -0.4 is 5.32 Å². The standard InChI is InChI=1S/C13H22N2O4/c1-15-10-3-2-4-11(15)6-9(5-10)14-12(16)7-19-8-13(17)18/h9-11H,2-8H2,1H3,(H,14,16)(H,17,18). The van der Waals surface area contributed by atoms with E-state index in [1.807, 2.05) is 0 Å². The maximum absolute atomic E-state index is 11.7. The van der Waals surface area contributed by atoms with Crippen LogP contribution in [0.4, 0.5) is 0 Å². The number of fused-ring (bicyclic) bond motifs is 2. The Morgan fingerprint density at radius 1 is 1.26 bits per heavy atom. The Balaban J connectivity index is 1.74. The molecule has 2 bridgehead atoms. The fourth-order valence-electron chi connectivity index (χ4n) is 3.23. The van der Waals surface area contributed by atoms with Gasteiger partial charge in [-0.2, -0.15) is 0 Å². The van der Waals surface area contributed by atoms with Crippen LogP contribution in [0.25, 0.3) is 0 Å². The molecule has 2 aliphatic heterocycles. The van der Waals surface area contributed by atoms with Crippen molar-refractivity contribution in [3.05, 3.63) is 0 Å². The first kappa shape index (κ1) is 14.3. The summed E-state index contributed by atoms with van der Waals surface area (Å²) in [5.74, 6) is -1.27. The zero-order valence-electron chi connectivity index (χ0n) is 11.3. The third kappa shape index (κ3) is 3.91. The van der Waals surface area contributed by atoms with E-state index in [4.69, 9.17) is 9.84 Å². The quantitative estimate of drug-likeness (QED) is 0.747. The number of nitrogens with zero attached hydrogens (tertiary/aromatic N) is 1. The van der Waals surface area contributed by atoms with Crippen molar-refractivity contribution < 1.29 is 19.4 Å². The fourth-order valence-corrected chi connectivity index (χ4v) is 3.23. The highest BCUT2D eigenvalue weighted by atomic mass is 16.5. The van der Waals surface area contributed by atoms with Gasteiger partial charge in [-0.05, 0) is 32.7 Å². The Morgan fingerprint density at radius 3 is 2.47 bits per heavy atom. The van der Waals surface area contributed by atoms with Crippen LogP contribution in [0, 0.1) is 0 Å². The maximum atomic E-state index is 11.7. The zero-order chi connectivity index (χ0) is 13.8. The number of aliphatic carboxylic acids is 1. The molecule has 2 rings (SSSR count). The first-order valence-corrected chi connectivity index (χ1v) is 6.87. The molecule has 1 amide bonds. The Morgan fingerprint density at radius 2 is 1.89 bits per heavy atom. The van der Waals surface area contributed by atoms with E-state index in [9.17, 15) is 9.59 Å². The lowest BCUT2D eigenvalue weighted by molar-refractivity contribution is -0.143. The van der Waals surface area contributed by atoms with E-state index in [-0.39, 0.29) is 18.6 Å². The highest BCUT2D eigenvalue weighted by Crippen LogP contribution is 2.32. The number of rotatable bonds is 5. The number of hydrogen-bond acceptors (Lipinski definition) is 4. The highest BCUT2D eigenvalue weighted by Gasteiger charge is 2.36. The van der Waals surface area contributed by atoms with E-state index in [1.165, 1.54) is 19.3 Å². The molecule has 6 heteroatoms. The molecule has 6 nitrogen and oxygen atoms in total. The van der Waals surface area contributed by atoms with Crippen LogP contribution in [-0.4, -0.2) is 60.3 Å². The Kier molecular flexibility index (Phi) is 4.76. The van der Waals surface area contributed by atoms with Crippen LogP contribution in [0.2, 0.25) is 0 Å². The second-order valence-corrected chi connectivity index (χ2v) is 5.53. The normalized spacial score (nSPS) is 30.9. The molecule has 0 aromatic heterocycles. The van der Waals surface area contributed by atoms with E-state index in [1.54, 1.807) is 0 Å². The molecule has 19 heavy (non-hydrogen) atoms. The van der Waals surface area contributed by atoms with Gasteiger partial charge in [-0.25, -0.2) is 4.79 Å². The second kappa shape index (κ2) is 6.34. The molecule has 2 fully saturated rings. The van der Waals surface area contributed by atoms with E-state index in [0.717, 1.165) is 12.8 Å². The van der Waals surface area contributed by atoms with Gasteiger partial charge in [0, 0.05) is 18.1 Å². The van der Waals surface area contributed by atoms with Crippen LogP contribution in [-0.2, 0) is 14.3 Å². The van der Waals surface area contributed by atoms with Crippen molar-refractivity contribution in [3.63, 3.8) is 0 Å². The topological polar surface area (TPSA) is 78.9 Å². The third-order valence-corrected chi connectivity index (χ3v) is 4.16. The number of carbonyl (C=O) groups excluding carboxylic acids is 1. The van der Waals surface area contributed by atoms with Crippen molar-refractivity contribution in [2.75, 3.05) is 20.3 Å². The van der Waals surface area contributed by atoms with Crippen molar-refractivity contribution in [3.8, 4) is 0 Å². The van der Waals surface area contributed by atoms with Crippen molar-refractivity contribution in [2.24, 2.45) is 0 Å². The molecule has 2 aliphatic rings. The molecule has 0 radical (unpaired) electrons. The van der Waals surface area contributed by atoms with E-state index >= 15 is 0 Å². The molecule has 2 unspecified atom stereocenters. The van der Waals surface area contributed by atoms with Crippen LogP contribution in [0.3, 0.4) is 0 Å². The number of piperidine rings is 2. The number of amides is 1. The zero-order valence-corrected chi connectivity index (χ0v) is 11.3. The molecule has 0 saturated carbocycles. The van der Waals surface area contributed by atoms with Gasteiger partial charge in [-0.1, -0.05) is 6.42 Å². The first-order valence-electron chi connectivity index (χ1n) is 6.87. The average Bonchev–Trinajstić information content (AvgIpc) is 2.30. The molecule has 2 saturated heterocycles. The summed E-state index contributed by atoms with van der Waals surface area (Å²) >= 11 is 0. The third-order valence-electron chi connectivity index (χ3n) is 4.16. The van der Waals surface area contributed by atoms with Gasteiger partial charge in [0.05, 0.1) is 0 Å². The summed E-state index contributed by atoms with van der Waals surface area (Å²) in [5, 5.41) is 11.4. The molecule has 0 aromatic carbocycles. The number of nitrogens with one attached hydrogen (secondary N) is 1. The van der Waals surface area contributed by atoms with Gasteiger partial charge in [0.25, 0.3) is 0 Å². The van der Waals surface area contributed by atoms with Gasteiger partial charge in [0.2, 0.25) is 5.91 Å². The van der Waals surface area contributed by atoms with E-state index in [0.29, 0.717) is 12.1 Å². The number of carbonyl (C=O) groups is 2. The van der Waals surface area contributed by atoms with Gasteiger partial charge in [0.15, 0.2) is 0 Å². The van der Waals surface area contributed by atoms with Crippen molar-refractivity contribution in [1.29, 1.82) is 0 Å². The van der Waals surface area contributed by atoms with E-state index < -0.39 is 12.6 Å².